The van der Waals surface area contributed by atoms with E-state index in [1.54, 1.807) is 4.90 Å². The Bertz CT molecular complexity index is 474. The maximum Gasteiger partial charge on any atom is 0.227 e. The second kappa shape index (κ2) is 6.33. The van der Waals surface area contributed by atoms with Crippen LogP contribution in [0.5, 0.6) is 0 Å². The fraction of sp³-hybridized carbons (Fsp3) is 0.429. The fourth-order valence-corrected chi connectivity index (χ4v) is 2.25. The summed E-state index contributed by atoms with van der Waals surface area (Å²) in [5.74, 6) is 0.0200. The molecule has 3 N–H and O–H groups in total. The number of hydrogen-bond acceptors (Lipinski definition) is 3. The largest absolute Gasteiger partial charge is 0.355 e. The SMILES string of the molecule is NCCNC(=O)CCN1C(=O)CCc2ccccc21. The molecule has 0 saturated carbocycles. The number of rotatable bonds is 5. The second-order valence-electron chi connectivity index (χ2n) is 4.56. The molecule has 0 bridgehead atoms. The van der Waals surface area contributed by atoms with Gasteiger partial charge in [-0.15, -0.1) is 0 Å². The monoisotopic (exact) mass is 261 g/mol. The summed E-state index contributed by atoms with van der Waals surface area (Å²) in [7, 11) is 0. The van der Waals surface area contributed by atoms with Crippen molar-refractivity contribution >= 4 is 17.5 Å². The van der Waals surface area contributed by atoms with Gasteiger partial charge in [-0.3, -0.25) is 9.59 Å². The minimum atomic E-state index is -0.0682. The van der Waals surface area contributed by atoms with Gasteiger partial charge in [-0.05, 0) is 18.1 Å². The van der Waals surface area contributed by atoms with E-state index in [4.69, 9.17) is 5.73 Å². The molecule has 0 aliphatic carbocycles. The molecule has 1 aliphatic heterocycles. The summed E-state index contributed by atoms with van der Waals surface area (Å²) < 4.78 is 0. The minimum Gasteiger partial charge on any atom is -0.355 e. The number of fused-ring (bicyclic) bond motifs is 1. The number of anilines is 1. The first-order chi connectivity index (χ1) is 9.22. The van der Waals surface area contributed by atoms with Gasteiger partial charge in [-0.2, -0.15) is 0 Å². The van der Waals surface area contributed by atoms with Crippen LogP contribution in [0.15, 0.2) is 24.3 Å². The molecule has 0 atom stereocenters. The highest BCUT2D eigenvalue weighted by Crippen LogP contribution is 2.27. The number of benzene rings is 1. The van der Waals surface area contributed by atoms with Gasteiger partial charge >= 0.3 is 0 Å². The van der Waals surface area contributed by atoms with Crippen molar-refractivity contribution in [2.75, 3.05) is 24.5 Å². The van der Waals surface area contributed by atoms with Crippen LogP contribution in [0.3, 0.4) is 0 Å². The molecule has 5 heteroatoms. The number of amides is 2. The van der Waals surface area contributed by atoms with Gasteiger partial charge in [0.15, 0.2) is 0 Å². The summed E-state index contributed by atoms with van der Waals surface area (Å²) in [6, 6.07) is 7.85. The van der Waals surface area contributed by atoms with E-state index < -0.39 is 0 Å². The lowest BCUT2D eigenvalue weighted by atomic mass is 10.0. The Morgan fingerprint density at radius 1 is 1.32 bits per heavy atom. The molecule has 1 aromatic carbocycles. The standard InChI is InChI=1S/C14H19N3O2/c15-8-9-16-13(18)7-10-17-12-4-2-1-3-11(12)5-6-14(17)19/h1-4H,5-10,15H2,(H,16,18). The van der Waals surface area contributed by atoms with Crippen LogP contribution in [0.1, 0.15) is 18.4 Å². The third-order valence-electron chi connectivity index (χ3n) is 3.22. The third kappa shape index (κ3) is 3.32. The molecule has 2 amide bonds. The van der Waals surface area contributed by atoms with E-state index in [0.717, 1.165) is 12.1 Å². The zero-order chi connectivity index (χ0) is 13.7. The highest BCUT2D eigenvalue weighted by molar-refractivity contribution is 5.96. The molecule has 1 heterocycles. The van der Waals surface area contributed by atoms with E-state index in [1.807, 2.05) is 24.3 Å². The Morgan fingerprint density at radius 3 is 2.89 bits per heavy atom. The van der Waals surface area contributed by atoms with Crippen molar-refractivity contribution in [1.29, 1.82) is 0 Å². The maximum atomic E-state index is 12.0. The summed E-state index contributed by atoms with van der Waals surface area (Å²) in [6.45, 7) is 1.33. The summed E-state index contributed by atoms with van der Waals surface area (Å²) in [6.07, 6.45) is 1.60. The molecule has 0 fully saturated rings. The van der Waals surface area contributed by atoms with Crippen molar-refractivity contribution in [3.63, 3.8) is 0 Å². The average molecular weight is 261 g/mol. The molecule has 1 aliphatic rings. The highest BCUT2D eigenvalue weighted by Gasteiger charge is 2.23. The third-order valence-corrected chi connectivity index (χ3v) is 3.22. The number of nitrogens with one attached hydrogen (secondary N) is 1. The lowest BCUT2D eigenvalue weighted by molar-refractivity contribution is -0.121. The summed E-state index contributed by atoms with van der Waals surface area (Å²) in [5, 5.41) is 2.71. The van der Waals surface area contributed by atoms with E-state index >= 15 is 0 Å². The molecule has 102 valence electrons. The molecule has 0 saturated heterocycles. The highest BCUT2D eigenvalue weighted by atomic mass is 16.2. The van der Waals surface area contributed by atoms with Gasteiger partial charge < -0.3 is 16.0 Å². The molecule has 0 spiro atoms. The van der Waals surface area contributed by atoms with E-state index in [-0.39, 0.29) is 11.8 Å². The van der Waals surface area contributed by atoms with Crippen molar-refractivity contribution in [2.45, 2.75) is 19.3 Å². The van der Waals surface area contributed by atoms with Crippen LogP contribution in [0.4, 0.5) is 5.69 Å². The second-order valence-corrected chi connectivity index (χ2v) is 4.56. The van der Waals surface area contributed by atoms with Gasteiger partial charge in [0, 0.05) is 38.2 Å². The van der Waals surface area contributed by atoms with Gasteiger partial charge in [-0.25, -0.2) is 0 Å². The van der Waals surface area contributed by atoms with Crippen LogP contribution in [-0.2, 0) is 16.0 Å². The van der Waals surface area contributed by atoms with Gasteiger partial charge in [-0.1, -0.05) is 18.2 Å². The van der Waals surface area contributed by atoms with Crippen LogP contribution in [0.2, 0.25) is 0 Å². The fourth-order valence-electron chi connectivity index (χ4n) is 2.25. The lowest BCUT2D eigenvalue weighted by Gasteiger charge is -2.29. The lowest BCUT2D eigenvalue weighted by Crippen LogP contribution is -2.38. The normalized spacial score (nSPS) is 14.2. The molecule has 0 radical (unpaired) electrons. The molecule has 1 aromatic rings. The number of aryl methyl sites for hydroxylation is 1. The van der Waals surface area contributed by atoms with Gasteiger partial charge in [0.2, 0.25) is 11.8 Å². The van der Waals surface area contributed by atoms with Crippen molar-refractivity contribution < 1.29 is 9.59 Å². The van der Waals surface area contributed by atoms with E-state index in [2.05, 4.69) is 5.32 Å². The maximum absolute atomic E-state index is 12.0. The quantitative estimate of drug-likeness (QED) is 0.807. The Balaban J connectivity index is 1.99. The Hall–Kier alpha value is -1.88. The molecule has 2 rings (SSSR count). The first kappa shape index (κ1) is 13.5. The number of hydrogen-bond donors (Lipinski definition) is 2. The summed E-state index contributed by atoms with van der Waals surface area (Å²) in [5.41, 5.74) is 7.43. The molecule has 5 nitrogen and oxygen atoms in total. The predicted octanol–water partition coefficient (Wildman–Crippen LogP) is 0.431. The van der Waals surface area contributed by atoms with E-state index in [9.17, 15) is 9.59 Å². The summed E-state index contributed by atoms with van der Waals surface area (Å²) in [4.78, 5) is 25.2. The van der Waals surface area contributed by atoms with Crippen LogP contribution >= 0.6 is 0 Å². The minimum absolute atomic E-state index is 0.0682. The number of nitrogens with two attached hydrogens (primary N) is 1. The van der Waals surface area contributed by atoms with Crippen molar-refractivity contribution in [3.05, 3.63) is 29.8 Å². The first-order valence-corrected chi connectivity index (χ1v) is 6.57. The number of nitrogens with zero attached hydrogens (tertiary/aromatic N) is 1. The van der Waals surface area contributed by atoms with Crippen molar-refractivity contribution in [3.8, 4) is 0 Å². The Labute approximate surface area is 112 Å². The Morgan fingerprint density at radius 2 is 2.11 bits per heavy atom. The molecular weight excluding hydrogens is 242 g/mol. The number of carbonyl (C=O) groups excluding carboxylic acids is 2. The van der Waals surface area contributed by atoms with Crippen LogP contribution in [-0.4, -0.2) is 31.4 Å². The van der Waals surface area contributed by atoms with Crippen LogP contribution < -0.4 is 16.0 Å². The van der Waals surface area contributed by atoms with Gasteiger partial charge in [0.1, 0.15) is 0 Å². The van der Waals surface area contributed by atoms with Crippen molar-refractivity contribution in [2.24, 2.45) is 5.73 Å². The van der Waals surface area contributed by atoms with E-state index in [0.29, 0.717) is 32.5 Å². The average Bonchev–Trinajstić information content (AvgIpc) is 2.44. The van der Waals surface area contributed by atoms with Gasteiger partial charge in [0.05, 0.1) is 0 Å². The molecule has 0 aromatic heterocycles. The predicted molar refractivity (Wildman–Crippen MR) is 73.8 cm³/mol. The zero-order valence-corrected chi connectivity index (χ0v) is 10.9. The summed E-state index contributed by atoms with van der Waals surface area (Å²) >= 11 is 0. The zero-order valence-electron chi connectivity index (χ0n) is 10.9. The van der Waals surface area contributed by atoms with Gasteiger partial charge in [0.25, 0.3) is 0 Å². The van der Waals surface area contributed by atoms with Crippen LogP contribution in [0, 0.1) is 0 Å². The molecular formula is C14H19N3O2. The van der Waals surface area contributed by atoms with Crippen molar-refractivity contribution in [1.82, 2.24) is 5.32 Å². The molecule has 0 unspecified atom stereocenters. The Kier molecular flexibility index (Phi) is 4.52. The number of carbonyl (C=O) groups is 2. The topological polar surface area (TPSA) is 75.4 Å². The molecule has 19 heavy (non-hydrogen) atoms. The number of para-hydroxylation sites is 1. The van der Waals surface area contributed by atoms with E-state index in [1.165, 1.54) is 5.56 Å². The first-order valence-electron chi connectivity index (χ1n) is 6.57. The van der Waals surface area contributed by atoms with Crippen LogP contribution in [0.25, 0.3) is 0 Å². The smallest absolute Gasteiger partial charge is 0.227 e.